The average molecular weight is 315 g/mol. The zero-order chi connectivity index (χ0) is 15.5. The van der Waals surface area contributed by atoms with Crippen molar-refractivity contribution >= 4 is 21.7 Å². The topological polar surface area (TPSA) is 3.24 Å². The van der Waals surface area contributed by atoms with Crippen LogP contribution in [-0.4, -0.2) is 37.0 Å². The van der Waals surface area contributed by atoms with Gasteiger partial charge in [0, 0.05) is 16.3 Å². The van der Waals surface area contributed by atoms with Gasteiger partial charge in [0.2, 0.25) is 0 Å². The molecule has 1 heterocycles. The molecule has 0 bridgehead atoms. The van der Waals surface area contributed by atoms with Gasteiger partial charge in [0.1, 0.15) is 11.5 Å². The summed E-state index contributed by atoms with van der Waals surface area (Å²) < 4.78 is 0. The van der Waals surface area contributed by atoms with E-state index in [-0.39, 0.29) is 0 Å². The van der Waals surface area contributed by atoms with Crippen molar-refractivity contribution in [3.8, 4) is 0 Å². The van der Waals surface area contributed by atoms with Gasteiger partial charge in [0.25, 0.3) is 0 Å². The van der Waals surface area contributed by atoms with Gasteiger partial charge in [-0.15, -0.1) is 0 Å². The lowest BCUT2D eigenvalue weighted by molar-refractivity contribution is 0.386. The van der Waals surface area contributed by atoms with Gasteiger partial charge in [-0.1, -0.05) is 31.2 Å². The Morgan fingerprint density at radius 2 is 1.68 bits per heavy atom. The van der Waals surface area contributed by atoms with Crippen LogP contribution in [0.3, 0.4) is 0 Å². The fraction of sp³-hybridized carbons (Fsp3) is 0.500. The predicted molar refractivity (Wildman–Crippen MR) is 100 cm³/mol. The second-order valence-corrected chi connectivity index (χ2v) is 9.04. The molecule has 3 rings (SSSR count). The molecule has 2 aromatic carbocycles. The molecule has 1 unspecified atom stereocenters. The number of hydrogen-bond donors (Lipinski definition) is 0. The van der Waals surface area contributed by atoms with E-state index < -0.39 is 0 Å². The van der Waals surface area contributed by atoms with E-state index in [9.17, 15) is 0 Å². The van der Waals surface area contributed by atoms with Crippen molar-refractivity contribution < 1.29 is 0 Å². The van der Waals surface area contributed by atoms with Gasteiger partial charge in [-0.05, 0) is 68.9 Å². The molecule has 1 fully saturated rings. The maximum Gasteiger partial charge on any atom is 0.162 e. The van der Waals surface area contributed by atoms with E-state index in [1.54, 1.807) is 4.90 Å². The number of rotatable bonds is 5. The molecule has 1 atom stereocenters. The summed E-state index contributed by atoms with van der Waals surface area (Å²) >= 11 is 0. The molecule has 0 aromatic heterocycles. The molecule has 1 aliphatic heterocycles. The third kappa shape index (κ3) is 3.33. The SMILES string of the molecule is CC(CCN(C)C)c1ccc([S+]2CCCC2)c2ccccc12. The Hall–Kier alpha value is -0.990. The first-order valence-electron chi connectivity index (χ1n) is 8.50. The normalized spacial score (nSPS) is 17.5. The third-order valence-electron chi connectivity index (χ3n) is 4.80. The smallest absolute Gasteiger partial charge is 0.162 e. The molecule has 2 heteroatoms. The Balaban J connectivity index is 1.97. The highest BCUT2D eigenvalue weighted by molar-refractivity contribution is 7.97. The fourth-order valence-electron chi connectivity index (χ4n) is 3.46. The quantitative estimate of drug-likeness (QED) is 0.725. The molecule has 1 aliphatic rings. The Morgan fingerprint density at radius 3 is 2.36 bits per heavy atom. The Labute approximate surface area is 138 Å². The van der Waals surface area contributed by atoms with Crippen LogP contribution in [0.2, 0.25) is 0 Å². The minimum Gasteiger partial charge on any atom is -0.309 e. The van der Waals surface area contributed by atoms with Crippen molar-refractivity contribution in [1.29, 1.82) is 0 Å². The van der Waals surface area contributed by atoms with Crippen LogP contribution in [-0.2, 0) is 10.9 Å². The summed E-state index contributed by atoms with van der Waals surface area (Å²) in [5.74, 6) is 3.42. The van der Waals surface area contributed by atoms with E-state index in [1.165, 1.54) is 47.1 Å². The summed E-state index contributed by atoms with van der Waals surface area (Å²) in [6, 6.07) is 13.9. The molecule has 0 saturated carbocycles. The van der Waals surface area contributed by atoms with Gasteiger partial charge in [-0.2, -0.15) is 0 Å². The van der Waals surface area contributed by atoms with Crippen molar-refractivity contribution in [1.82, 2.24) is 4.90 Å². The van der Waals surface area contributed by atoms with E-state index in [0.29, 0.717) is 16.8 Å². The standard InChI is InChI=1S/C20H28NS/c1-16(12-13-21(2)3)17-10-11-20(22-14-6-7-15-22)19-9-5-4-8-18(17)19/h4-5,8-11,16H,6-7,12-15H2,1-3H3/q+1. The highest BCUT2D eigenvalue weighted by atomic mass is 32.2. The molecule has 0 aliphatic carbocycles. The van der Waals surface area contributed by atoms with Crippen molar-refractivity contribution in [3.63, 3.8) is 0 Å². The van der Waals surface area contributed by atoms with Crippen molar-refractivity contribution in [3.05, 3.63) is 42.0 Å². The van der Waals surface area contributed by atoms with Crippen LogP contribution in [0.15, 0.2) is 41.3 Å². The Bertz CT molecular complexity index is 629. The number of hydrogen-bond acceptors (Lipinski definition) is 1. The molecular weight excluding hydrogens is 286 g/mol. The van der Waals surface area contributed by atoms with Crippen LogP contribution in [0.5, 0.6) is 0 Å². The van der Waals surface area contributed by atoms with Crippen LogP contribution >= 0.6 is 0 Å². The molecule has 0 spiro atoms. The van der Waals surface area contributed by atoms with Gasteiger partial charge < -0.3 is 4.90 Å². The van der Waals surface area contributed by atoms with Crippen molar-refractivity contribution in [2.45, 2.75) is 37.0 Å². The molecule has 1 saturated heterocycles. The summed E-state index contributed by atoms with van der Waals surface area (Å²) in [6.45, 7) is 3.53. The zero-order valence-corrected chi connectivity index (χ0v) is 15.0. The van der Waals surface area contributed by atoms with Gasteiger partial charge >= 0.3 is 0 Å². The summed E-state index contributed by atoms with van der Waals surface area (Å²) in [5.41, 5.74) is 1.53. The lowest BCUT2D eigenvalue weighted by Crippen LogP contribution is -2.15. The first-order valence-corrected chi connectivity index (χ1v) is 10.1. The molecule has 0 N–H and O–H groups in total. The lowest BCUT2D eigenvalue weighted by atomic mass is 9.92. The number of benzene rings is 2. The van der Waals surface area contributed by atoms with E-state index in [2.05, 4.69) is 62.3 Å². The second kappa shape index (κ2) is 7.06. The maximum absolute atomic E-state index is 2.44. The van der Waals surface area contributed by atoms with Gasteiger partial charge in [0.15, 0.2) is 4.90 Å². The summed E-state index contributed by atoms with van der Waals surface area (Å²) in [4.78, 5) is 3.91. The fourth-order valence-corrected chi connectivity index (χ4v) is 5.96. The zero-order valence-electron chi connectivity index (χ0n) is 14.1. The maximum atomic E-state index is 2.44. The van der Waals surface area contributed by atoms with Crippen molar-refractivity contribution in [2.75, 3.05) is 32.1 Å². The van der Waals surface area contributed by atoms with Crippen LogP contribution in [0.25, 0.3) is 10.8 Å². The van der Waals surface area contributed by atoms with Crippen LogP contribution in [0.4, 0.5) is 0 Å². The summed E-state index contributed by atoms with van der Waals surface area (Å²) in [5, 5.41) is 3.01. The number of nitrogens with zero attached hydrogens (tertiary/aromatic N) is 1. The van der Waals surface area contributed by atoms with E-state index >= 15 is 0 Å². The molecular formula is C20H28NS+. The molecule has 2 aromatic rings. The molecule has 0 radical (unpaired) electrons. The first-order chi connectivity index (χ1) is 10.7. The molecule has 118 valence electrons. The molecule has 1 nitrogen and oxygen atoms in total. The summed E-state index contributed by atoms with van der Waals surface area (Å²) in [7, 11) is 4.82. The molecule has 0 amide bonds. The average Bonchev–Trinajstić information content (AvgIpc) is 3.05. The monoisotopic (exact) mass is 314 g/mol. The third-order valence-corrected chi connectivity index (χ3v) is 7.34. The summed E-state index contributed by atoms with van der Waals surface area (Å²) in [6.07, 6.45) is 4.05. The second-order valence-electron chi connectivity index (χ2n) is 6.80. The lowest BCUT2D eigenvalue weighted by Gasteiger charge is -2.18. The van der Waals surface area contributed by atoms with E-state index in [4.69, 9.17) is 0 Å². The Morgan fingerprint density at radius 1 is 1.00 bits per heavy atom. The van der Waals surface area contributed by atoms with Crippen molar-refractivity contribution in [2.24, 2.45) is 0 Å². The Kier molecular flexibility index (Phi) is 5.10. The van der Waals surface area contributed by atoms with Gasteiger partial charge in [-0.25, -0.2) is 0 Å². The van der Waals surface area contributed by atoms with E-state index in [0.717, 1.165) is 6.54 Å². The van der Waals surface area contributed by atoms with Gasteiger partial charge in [-0.3, -0.25) is 0 Å². The van der Waals surface area contributed by atoms with Gasteiger partial charge in [0.05, 0.1) is 0 Å². The highest BCUT2D eigenvalue weighted by Gasteiger charge is 2.29. The minimum absolute atomic E-state index is 0.494. The molecule has 22 heavy (non-hydrogen) atoms. The van der Waals surface area contributed by atoms with E-state index in [1.807, 2.05) is 0 Å². The first kappa shape index (κ1) is 15.9. The highest BCUT2D eigenvalue weighted by Crippen LogP contribution is 2.34. The minimum atomic E-state index is 0.494. The largest absolute Gasteiger partial charge is 0.309 e. The predicted octanol–water partition coefficient (Wildman–Crippen LogP) is 4.67. The van der Waals surface area contributed by atoms with Crippen LogP contribution in [0, 0.1) is 0 Å². The number of fused-ring (bicyclic) bond motifs is 1. The van der Waals surface area contributed by atoms with Crippen LogP contribution < -0.4 is 0 Å². The van der Waals surface area contributed by atoms with Crippen LogP contribution in [0.1, 0.15) is 37.7 Å².